The Labute approximate surface area is 273 Å². The van der Waals surface area contributed by atoms with E-state index < -0.39 is 36.4 Å². The van der Waals surface area contributed by atoms with Crippen LogP contribution in [0, 0.1) is 11.3 Å². The summed E-state index contributed by atoms with van der Waals surface area (Å²) >= 11 is 0. The second-order valence-corrected chi connectivity index (χ2v) is 15.0. The van der Waals surface area contributed by atoms with Gasteiger partial charge in [0.1, 0.15) is 11.9 Å². The SMILES string of the molecule is COC(=O)N[C@H](C(=O)N1CC2(CC2)C[C@H]1c1ncc(-c2ccc3c(c2)C(F)(F)c2cc(B4OC(C)(C)C(C)(C)O4)ccc2-3)[nH]1)C(C)C. The van der Waals surface area contributed by atoms with Gasteiger partial charge >= 0.3 is 13.2 Å². The minimum absolute atomic E-state index is 0.0421. The second-order valence-electron chi connectivity index (χ2n) is 15.0. The smallest absolute Gasteiger partial charge is 0.453 e. The van der Waals surface area contributed by atoms with Crippen LogP contribution in [0.3, 0.4) is 0 Å². The van der Waals surface area contributed by atoms with Crippen molar-refractivity contribution in [2.75, 3.05) is 13.7 Å². The molecule has 2 aromatic carbocycles. The predicted molar refractivity (Wildman–Crippen MR) is 173 cm³/mol. The highest BCUT2D eigenvalue weighted by atomic mass is 19.3. The number of alkyl carbamates (subject to hydrolysis) is 1. The zero-order valence-electron chi connectivity index (χ0n) is 27.9. The monoisotopic (exact) mass is 646 g/mol. The Morgan fingerprint density at radius 3 is 2.30 bits per heavy atom. The highest BCUT2D eigenvalue weighted by Gasteiger charge is 2.56. The first kappa shape index (κ1) is 31.8. The third-order valence-electron chi connectivity index (χ3n) is 10.9. The molecule has 2 aliphatic heterocycles. The lowest BCUT2D eigenvalue weighted by Crippen LogP contribution is -2.51. The molecule has 248 valence electrons. The standard InChI is InChI=1S/C35H41BF2N4O5/c1-19(2)28(41-31(44)45-7)30(43)42-18-34(12-13-34)16-27(42)29-39-17-26(40-29)20-8-10-22-23-11-9-21(15-25(23)35(37,38)24(22)14-20)36-46-32(3,4)33(5,6)47-36/h8-11,14-15,17,19,27-28H,12-13,16,18H2,1-7H3,(H,39,40)(H,41,44)/t27-,28-/m0/s1. The number of rotatable bonds is 6. The molecule has 0 unspecified atom stereocenters. The largest absolute Gasteiger partial charge is 0.494 e. The number of halogens is 2. The highest BCUT2D eigenvalue weighted by molar-refractivity contribution is 6.62. The van der Waals surface area contributed by atoms with Gasteiger partial charge in [-0.1, -0.05) is 44.2 Å². The van der Waals surface area contributed by atoms with Crippen LogP contribution in [0.2, 0.25) is 0 Å². The van der Waals surface area contributed by atoms with Crippen LogP contribution in [0.4, 0.5) is 13.6 Å². The van der Waals surface area contributed by atoms with Gasteiger partial charge in [-0.2, -0.15) is 8.78 Å². The number of nitrogens with one attached hydrogen (secondary N) is 2. The van der Waals surface area contributed by atoms with E-state index in [1.165, 1.54) is 19.2 Å². The molecular weight excluding hydrogens is 605 g/mol. The summed E-state index contributed by atoms with van der Waals surface area (Å²) < 4.78 is 49.3. The average Bonchev–Trinajstić information content (AvgIpc) is 3.28. The van der Waals surface area contributed by atoms with Crippen molar-refractivity contribution in [1.82, 2.24) is 20.2 Å². The molecule has 4 aliphatic rings. The van der Waals surface area contributed by atoms with Crippen LogP contribution in [0.25, 0.3) is 22.4 Å². The number of benzene rings is 2. The average molecular weight is 647 g/mol. The van der Waals surface area contributed by atoms with E-state index >= 15 is 8.78 Å². The maximum atomic E-state index is 16.1. The third kappa shape index (κ3) is 5.15. The molecule has 2 aliphatic carbocycles. The van der Waals surface area contributed by atoms with E-state index in [2.05, 4.69) is 15.3 Å². The summed E-state index contributed by atoms with van der Waals surface area (Å²) in [5, 5.41) is 2.69. The van der Waals surface area contributed by atoms with Crippen LogP contribution in [0.5, 0.6) is 0 Å². The van der Waals surface area contributed by atoms with Gasteiger partial charge in [-0.15, -0.1) is 0 Å². The Balaban J connectivity index is 1.16. The van der Waals surface area contributed by atoms with E-state index in [9.17, 15) is 9.59 Å². The first-order chi connectivity index (χ1) is 22.1. The maximum absolute atomic E-state index is 16.1. The molecule has 1 saturated carbocycles. The molecule has 2 amide bonds. The summed E-state index contributed by atoms with van der Waals surface area (Å²) in [7, 11) is 0.527. The zero-order valence-corrected chi connectivity index (χ0v) is 27.9. The number of carbonyl (C=O) groups is 2. The zero-order chi connectivity index (χ0) is 33.7. The van der Waals surface area contributed by atoms with Gasteiger partial charge < -0.3 is 29.2 Å². The summed E-state index contributed by atoms with van der Waals surface area (Å²) in [6.45, 7) is 12.1. The second kappa shape index (κ2) is 10.6. The fourth-order valence-corrected chi connectivity index (χ4v) is 7.14. The van der Waals surface area contributed by atoms with Gasteiger partial charge in [-0.3, -0.25) is 4.79 Å². The molecule has 12 heteroatoms. The van der Waals surface area contributed by atoms with Crippen molar-refractivity contribution in [2.24, 2.45) is 11.3 Å². The first-order valence-corrected chi connectivity index (χ1v) is 16.3. The van der Waals surface area contributed by atoms with Crippen molar-refractivity contribution in [2.45, 2.75) is 90.0 Å². The van der Waals surface area contributed by atoms with Gasteiger partial charge in [0.15, 0.2) is 0 Å². The minimum Gasteiger partial charge on any atom is -0.453 e. The number of imidazole rings is 1. The van der Waals surface area contributed by atoms with Crippen LogP contribution in [-0.2, 0) is 24.8 Å². The Morgan fingerprint density at radius 1 is 1.04 bits per heavy atom. The van der Waals surface area contributed by atoms with E-state index in [1.807, 2.05) is 47.6 Å². The molecule has 1 aromatic heterocycles. The molecule has 2 atom stereocenters. The van der Waals surface area contributed by atoms with Crippen LogP contribution < -0.4 is 10.8 Å². The van der Waals surface area contributed by atoms with E-state index in [0.29, 0.717) is 40.2 Å². The number of hydrogen-bond donors (Lipinski definition) is 2. The molecule has 0 radical (unpaired) electrons. The highest BCUT2D eigenvalue weighted by Crippen LogP contribution is 2.58. The first-order valence-electron chi connectivity index (χ1n) is 16.3. The van der Waals surface area contributed by atoms with Crippen LogP contribution in [0.1, 0.15) is 83.8 Å². The van der Waals surface area contributed by atoms with Crippen molar-refractivity contribution in [1.29, 1.82) is 0 Å². The third-order valence-corrected chi connectivity index (χ3v) is 10.9. The fraction of sp³-hybridized carbons (Fsp3) is 0.514. The number of aromatic amines is 1. The topological polar surface area (TPSA) is 106 Å². The van der Waals surface area contributed by atoms with E-state index in [0.717, 1.165) is 19.3 Å². The Kier molecular flexibility index (Phi) is 7.19. The number of carbonyl (C=O) groups excluding carboxylic acids is 2. The number of methoxy groups -OCH3 is 1. The summed E-state index contributed by atoms with van der Waals surface area (Å²) in [6.07, 6.45) is 3.77. The van der Waals surface area contributed by atoms with Gasteiger partial charge in [0, 0.05) is 23.2 Å². The number of H-pyrrole nitrogens is 1. The molecule has 3 aromatic rings. The number of hydrogen-bond acceptors (Lipinski definition) is 6. The van der Waals surface area contributed by atoms with Crippen molar-refractivity contribution in [3.05, 3.63) is 59.5 Å². The van der Waals surface area contributed by atoms with Gasteiger partial charge in [-0.05, 0) is 80.9 Å². The lowest BCUT2D eigenvalue weighted by atomic mass is 9.77. The van der Waals surface area contributed by atoms with E-state index in [-0.39, 0.29) is 34.4 Å². The normalized spacial score (nSPS) is 23.1. The maximum Gasteiger partial charge on any atom is 0.494 e. The Morgan fingerprint density at radius 2 is 1.68 bits per heavy atom. The Bertz CT molecular complexity index is 1750. The number of fused-ring (bicyclic) bond motifs is 3. The van der Waals surface area contributed by atoms with Crippen LogP contribution in [0.15, 0.2) is 42.6 Å². The summed E-state index contributed by atoms with van der Waals surface area (Å²) in [5.41, 5.74) is 1.41. The van der Waals surface area contributed by atoms with Gasteiger partial charge in [-0.25, -0.2) is 9.78 Å². The van der Waals surface area contributed by atoms with E-state index in [1.54, 1.807) is 29.3 Å². The Hall–Kier alpha value is -3.77. The van der Waals surface area contributed by atoms with Gasteiger partial charge in [0.05, 0.1) is 36.2 Å². The predicted octanol–water partition coefficient (Wildman–Crippen LogP) is 5.93. The number of amides is 2. The minimum atomic E-state index is -3.23. The molecule has 3 heterocycles. The quantitative estimate of drug-likeness (QED) is 0.322. The molecule has 9 nitrogen and oxygen atoms in total. The van der Waals surface area contributed by atoms with Crippen molar-refractivity contribution in [3.8, 4) is 22.4 Å². The molecule has 0 bridgehead atoms. The molecule has 47 heavy (non-hydrogen) atoms. The summed E-state index contributed by atoms with van der Waals surface area (Å²) in [5.74, 6) is -2.98. The lowest BCUT2D eigenvalue weighted by Gasteiger charge is -2.32. The lowest BCUT2D eigenvalue weighted by molar-refractivity contribution is -0.135. The number of likely N-dealkylation sites (tertiary alicyclic amines) is 1. The number of alkyl halides is 2. The number of ether oxygens (including phenoxy) is 1. The fourth-order valence-electron chi connectivity index (χ4n) is 7.14. The summed E-state index contributed by atoms with van der Waals surface area (Å²) in [4.78, 5) is 35.6. The van der Waals surface area contributed by atoms with Crippen molar-refractivity contribution in [3.63, 3.8) is 0 Å². The molecule has 1 spiro atoms. The van der Waals surface area contributed by atoms with Crippen molar-refractivity contribution >= 4 is 24.6 Å². The molecule has 2 N–H and O–H groups in total. The molecule has 7 rings (SSSR count). The van der Waals surface area contributed by atoms with Crippen LogP contribution in [-0.4, -0.2) is 64.9 Å². The van der Waals surface area contributed by atoms with Crippen LogP contribution >= 0.6 is 0 Å². The van der Waals surface area contributed by atoms with Gasteiger partial charge in [0.25, 0.3) is 5.92 Å². The number of nitrogens with zero attached hydrogens (tertiary/aromatic N) is 2. The molecule has 2 saturated heterocycles. The summed E-state index contributed by atoms with van der Waals surface area (Å²) in [6, 6.07) is 9.02. The van der Waals surface area contributed by atoms with E-state index in [4.69, 9.17) is 14.0 Å². The van der Waals surface area contributed by atoms with Gasteiger partial charge in [0.2, 0.25) is 5.91 Å². The molecular formula is C35H41BF2N4O5. The molecule has 3 fully saturated rings. The number of aromatic nitrogens is 2. The van der Waals surface area contributed by atoms with Crippen molar-refractivity contribution < 1.29 is 32.4 Å².